The molecule has 1 aliphatic rings. The third-order valence-electron chi connectivity index (χ3n) is 3.14. The van der Waals surface area contributed by atoms with Crippen molar-refractivity contribution in [2.75, 3.05) is 0 Å². The van der Waals surface area contributed by atoms with E-state index in [1.807, 2.05) is 6.92 Å². The molecule has 96 valence electrons. The van der Waals surface area contributed by atoms with Gasteiger partial charge in [-0.15, -0.1) is 0 Å². The molecule has 0 aromatic heterocycles. The van der Waals surface area contributed by atoms with Crippen LogP contribution in [0.2, 0.25) is 0 Å². The molecule has 5 nitrogen and oxygen atoms in total. The summed E-state index contributed by atoms with van der Waals surface area (Å²) in [6.45, 7) is 1.84. The van der Waals surface area contributed by atoms with Crippen LogP contribution in [0.1, 0.15) is 45.4 Å². The summed E-state index contributed by atoms with van der Waals surface area (Å²) in [6, 6.07) is -0.487. The predicted octanol–water partition coefficient (Wildman–Crippen LogP) is 1.54. The van der Waals surface area contributed by atoms with E-state index in [1.165, 1.54) is 6.42 Å². The highest BCUT2D eigenvalue weighted by Gasteiger charge is 2.36. The molecule has 1 aliphatic carbocycles. The van der Waals surface area contributed by atoms with Crippen LogP contribution < -0.4 is 11.5 Å². The first kappa shape index (κ1) is 14.1. The Bertz CT molecular complexity index is 256. The smallest absolute Gasteiger partial charge is 0.326 e. The second-order valence-electron chi connectivity index (χ2n) is 4.49. The van der Waals surface area contributed by atoms with Gasteiger partial charge in [-0.1, -0.05) is 26.2 Å². The van der Waals surface area contributed by atoms with E-state index >= 15 is 0 Å². The summed E-state index contributed by atoms with van der Waals surface area (Å²) in [6.07, 6.45) is 5.42. The van der Waals surface area contributed by atoms with E-state index in [1.54, 1.807) is 0 Å². The Balaban J connectivity index is 2.52. The molecule has 1 rings (SSSR count). The third-order valence-corrected chi connectivity index (χ3v) is 4.88. The Morgan fingerprint density at radius 1 is 1.38 bits per heavy atom. The Labute approximate surface area is 97.1 Å². The standard InChI is InChI=1S/C10H23N2O3P/c1-2-9(11)10(12)16(13,14)15-8-6-4-3-5-7-8/h8-10H,2-7,11-12H2,1H3,(H,13,14). The summed E-state index contributed by atoms with van der Waals surface area (Å²) in [5, 5.41) is 0. The Morgan fingerprint density at radius 3 is 2.44 bits per heavy atom. The molecule has 1 saturated carbocycles. The van der Waals surface area contributed by atoms with Crippen LogP contribution in [0, 0.1) is 0 Å². The van der Waals surface area contributed by atoms with Gasteiger partial charge in [0.15, 0.2) is 0 Å². The molecular formula is C10H23N2O3P. The Hall–Kier alpha value is 0.0700. The molecule has 0 amide bonds. The maximum absolute atomic E-state index is 11.9. The molecule has 0 radical (unpaired) electrons. The second kappa shape index (κ2) is 6.12. The Morgan fingerprint density at radius 2 is 1.94 bits per heavy atom. The average molecular weight is 250 g/mol. The molecule has 0 saturated heterocycles. The molecule has 0 bridgehead atoms. The lowest BCUT2D eigenvalue weighted by Crippen LogP contribution is -2.41. The van der Waals surface area contributed by atoms with Crippen molar-refractivity contribution in [1.82, 2.24) is 0 Å². The lowest BCUT2D eigenvalue weighted by atomic mass is 9.98. The van der Waals surface area contributed by atoms with Gasteiger partial charge in [0.05, 0.1) is 6.10 Å². The van der Waals surface area contributed by atoms with Gasteiger partial charge >= 0.3 is 7.60 Å². The summed E-state index contributed by atoms with van der Waals surface area (Å²) >= 11 is 0. The Kier molecular flexibility index (Phi) is 5.41. The van der Waals surface area contributed by atoms with Gasteiger partial charge in [-0.25, -0.2) is 0 Å². The topological polar surface area (TPSA) is 98.6 Å². The maximum atomic E-state index is 11.9. The highest BCUT2D eigenvalue weighted by molar-refractivity contribution is 7.53. The largest absolute Gasteiger partial charge is 0.346 e. The van der Waals surface area contributed by atoms with Gasteiger partial charge in [-0.05, 0) is 19.3 Å². The van der Waals surface area contributed by atoms with E-state index in [-0.39, 0.29) is 6.10 Å². The molecule has 3 atom stereocenters. The first-order valence-electron chi connectivity index (χ1n) is 5.99. The molecule has 0 heterocycles. The van der Waals surface area contributed by atoms with Gasteiger partial charge in [0, 0.05) is 6.04 Å². The summed E-state index contributed by atoms with van der Waals surface area (Å²) < 4.78 is 17.2. The van der Waals surface area contributed by atoms with Crippen LogP contribution in [0.3, 0.4) is 0 Å². The molecule has 16 heavy (non-hydrogen) atoms. The summed E-state index contributed by atoms with van der Waals surface area (Å²) in [4.78, 5) is 9.77. The van der Waals surface area contributed by atoms with Crippen molar-refractivity contribution < 1.29 is 14.0 Å². The van der Waals surface area contributed by atoms with Crippen molar-refractivity contribution in [2.45, 2.75) is 63.4 Å². The second-order valence-corrected chi connectivity index (χ2v) is 6.43. The molecule has 5 N–H and O–H groups in total. The minimum absolute atomic E-state index is 0.125. The molecular weight excluding hydrogens is 227 g/mol. The van der Waals surface area contributed by atoms with E-state index in [0.29, 0.717) is 6.42 Å². The summed E-state index contributed by atoms with van der Waals surface area (Å²) in [7, 11) is -3.77. The third kappa shape index (κ3) is 3.82. The first-order chi connectivity index (χ1) is 7.47. The fraction of sp³-hybridized carbons (Fsp3) is 1.00. The van der Waals surface area contributed by atoms with Crippen molar-refractivity contribution >= 4 is 7.60 Å². The fourth-order valence-corrected chi connectivity index (χ4v) is 3.41. The van der Waals surface area contributed by atoms with Crippen molar-refractivity contribution in [3.63, 3.8) is 0 Å². The fourth-order valence-electron chi connectivity index (χ4n) is 1.94. The van der Waals surface area contributed by atoms with Crippen LogP contribution in [-0.2, 0) is 9.09 Å². The van der Waals surface area contributed by atoms with E-state index in [9.17, 15) is 9.46 Å². The SMILES string of the molecule is CCC(N)C(N)P(=O)(O)OC1CCCCC1. The molecule has 0 aromatic carbocycles. The van der Waals surface area contributed by atoms with Gasteiger partial charge in [0.2, 0.25) is 0 Å². The zero-order valence-corrected chi connectivity index (χ0v) is 10.7. The van der Waals surface area contributed by atoms with E-state index in [2.05, 4.69) is 0 Å². The van der Waals surface area contributed by atoms with Crippen LogP contribution in [0.4, 0.5) is 0 Å². The van der Waals surface area contributed by atoms with Crippen LogP contribution in [0.25, 0.3) is 0 Å². The van der Waals surface area contributed by atoms with E-state index < -0.39 is 19.4 Å². The zero-order chi connectivity index (χ0) is 12.2. The van der Waals surface area contributed by atoms with E-state index in [0.717, 1.165) is 25.7 Å². The summed E-state index contributed by atoms with van der Waals surface area (Å²) in [5.41, 5.74) is 11.3. The molecule has 0 spiro atoms. The van der Waals surface area contributed by atoms with Gasteiger partial charge in [-0.3, -0.25) is 4.57 Å². The zero-order valence-electron chi connectivity index (χ0n) is 9.84. The number of rotatable bonds is 5. The van der Waals surface area contributed by atoms with Gasteiger partial charge in [-0.2, -0.15) is 0 Å². The van der Waals surface area contributed by atoms with Crippen molar-refractivity contribution in [2.24, 2.45) is 11.5 Å². The summed E-state index contributed by atoms with van der Waals surface area (Å²) in [5.74, 6) is -0.973. The predicted molar refractivity (Wildman–Crippen MR) is 64.0 cm³/mol. The van der Waals surface area contributed by atoms with Crippen molar-refractivity contribution in [3.8, 4) is 0 Å². The molecule has 1 fully saturated rings. The minimum Gasteiger partial charge on any atom is -0.326 e. The molecule has 6 heteroatoms. The van der Waals surface area contributed by atoms with Gasteiger partial charge < -0.3 is 20.9 Å². The van der Waals surface area contributed by atoms with Crippen LogP contribution in [0.5, 0.6) is 0 Å². The first-order valence-corrected chi connectivity index (χ1v) is 7.64. The number of hydrogen-bond acceptors (Lipinski definition) is 4. The van der Waals surface area contributed by atoms with Gasteiger partial charge in [0.25, 0.3) is 0 Å². The van der Waals surface area contributed by atoms with Crippen LogP contribution in [0.15, 0.2) is 0 Å². The van der Waals surface area contributed by atoms with Crippen LogP contribution >= 0.6 is 7.60 Å². The lowest BCUT2D eigenvalue weighted by Gasteiger charge is -2.29. The van der Waals surface area contributed by atoms with Gasteiger partial charge in [0.1, 0.15) is 5.78 Å². The quantitative estimate of drug-likeness (QED) is 0.643. The van der Waals surface area contributed by atoms with Crippen molar-refractivity contribution in [3.05, 3.63) is 0 Å². The number of nitrogens with two attached hydrogens (primary N) is 2. The van der Waals surface area contributed by atoms with Crippen molar-refractivity contribution in [1.29, 1.82) is 0 Å². The van der Waals surface area contributed by atoms with E-state index in [4.69, 9.17) is 16.0 Å². The maximum Gasteiger partial charge on any atom is 0.346 e. The highest BCUT2D eigenvalue weighted by atomic mass is 31.2. The van der Waals surface area contributed by atoms with Crippen LogP contribution in [-0.4, -0.2) is 22.8 Å². The highest BCUT2D eigenvalue weighted by Crippen LogP contribution is 2.49. The average Bonchev–Trinajstić information content (AvgIpc) is 2.27. The number of hydrogen-bond donors (Lipinski definition) is 3. The monoisotopic (exact) mass is 250 g/mol. The normalized spacial score (nSPS) is 26.0. The molecule has 0 aromatic rings. The molecule has 0 aliphatic heterocycles. The minimum atomic E-state index is -3.77. The molecule has 3 unspecified atom stereocenters. The lowest BCUT2D eigenvalue weighted by molar-refractivity contribution is 0.130.